The average molecular weight is 417 g/mol. The summed E-state index contributed by atoms with van der Waals surface area (Å²) in [5.74, 6) is 0.799. The molecule has 1 aliphatic carbocycles. The number of nitriles is 1. The van der Waals surface area contributed by atoms with Crippen LogP contribution in [0.15, 0.2) is 23.4 Å². The van der Waals surface area contributed by atoms with E-state index in [1.54, 1.807) is 18.2 Å². The van der Waals surface area contributed by atoms with Gasteiger partial charge >= 0.3 is 0 Å². The van der Waals surface area contributed by atoms with Gasteiger partial charge in [0.15, 0.2) is 5.16 Å². The number of hydrogen-bond donors (Lipinski definition) is 1. The molecule has 2 aliphatic rings. The number of nitrogens with zero attached hydrogens (tertiary/aromatic N) is 5. The molecule has 28 heavy (non-hydrogen) atoms. The van der Waals surface area contributed by atoms with Crippen LogP contribution in [0.25, 0.3) is 0 Å². The predicted octanol–water partition coefficient (Wildman–Crippen LogP) is 3.86. The standard InChI is InChI=1S/C19H21ClN6OS/c1-12(17(27)22-14-5-4-13(11-21)16(20)10-14)28-19-24-23-18(25-8-2-3-9-25)26(19)15-6-7-15/h4-5,10,12,15H,2-3,6-9H2,1H3,(H,22,27). The van der Waals surface area contributed by atoms with Crippen molar-refractivity contribution in [3.05, 3.63) is 28.8 Å². The van der Waals surface area contributed by atoms with Crippen LogP contribution in [0.2, 0.25) is 5.02 Å². The molecule has 7 nitrogen and oxygen atoms in total. The van der Waals surface area contributed by atoms with Gasteiger partial charge in [-0.3, -0.25) is 9.36 Å². The minimum absolute atomic E-state index is 0.140. The largest absolute Gasteiger partial charge is 0.341 e. The summed E-state index contributed by atoms with van der Waals surface area (Å²) < 4.78 is 2.21. The number of carbonyl (C=O) groups excluding carboxylic acids is 1. The Labute approximate surface area is 173 Å². The first-order valence-electron chi connectivity index (χ1n) is 9.44. The third kappa shape index (κ3) is 3.96. The van der Waals surface area contributed by atoms with Crippen molar-refractivity contribution < 1.29 is 4.79 Å². The minimum atomic E-state index is -0.345. The van der Waals surface area contributed by atoms with Crippen LogP contribution in [0.5, 0.6) is 0 Å². The van der Waals surface area contributed by atoms with Crippen LogP contribution in [-0.2, 0) is 4.79 Å². The minimum Gasteiger partial charge on any atom is -0.341 e. The van der Waals surface area contributed by atoms with Crippen LogP contribution >= 0.6 is 23.4 Å². The van der Waals surface area contributed by atoms with Crippen LogP contribution in [0.4, 0.5) is 11.6 Å². The zero-order chi connectivity index (χ0) is 19.7. The molecule has 1 amide bonds. The van der Waals surface area contributed by atoms with Crippen molar-refractivity contribution in [2.75, 3.05) is 23.3 Å². The summed E-state index contributed by atoms with van der Waals surface area (Å²) in [6.07, 6.45) is 4.64. The lowest BCUT2D eigenvalue weighted by Gasteiger charge is -2.18. The van der Waals surface area contributed by atoms with Crippen molar-refractivity contribution >= 4 is 40.9 Å². The number of amides is 1. The molecule has 4 rings (SSSR count). The molecule has 0 radical (unpaired) electrons. The molecular formula is C19H21ClN6OS. The van der Waals surface area contributed by atoms with Crippen molar-refractivity contribution in [1.29, 1.82) is 5.26 Å². The summed E-state index contributed by atoms with van der Waals surface area (Å²) >= 11 is 7.47. The molecule has 1 unspecified atom stereocenters. The van der Waals surface area contributed by atoms with E-state index >= 15 is 0 Å². The normalized spacial score (nSPS) is 17.4. The maximum Gasteiger partial charge on any atom is 0.237 e. The van der Waals surface area contributed by atoms with E-state index in [4.69, 9.17) is 16.9 Å². The highest BCUT2D eigenvalue weighted by Gasteiger charge is 2.33. The number of hydrogen-bond acceptors (Lipinski definition) is 6. The first kappa shape index (κ1) is 19.1. The summed E-state index contributed by atoms with van der Waals surface area (Å²) in [6, 6.07) is 7.32. The highest BCUT2D eigenvalue weighted by molar-refractivity contribution is 8.00. The van der Waals surface area contributed by atoms with Gasteiger partial charge in [0.25, 0.3) is 0 Å². The SMILES string of the molecule is CC(Sc1nnc(N2CCCC2)n1C1CC1)C(=O)Nc1ccc(C#N)c(Cl)c1. The average Bonchev–Trinajstić information content (AvgIpc) is 3.20. The van der Waals surface area contributed by atoms with Gasteiger partial charge in [-0.05, 0) is 50.8 Å². The van der Waals surface area contributed by atoms with E-state index in [9.17, 15) is 4.79 Å². The number of rotatable bonds is 6. The molecule has 2 heterocycles. The maximum atomic E-state index is 12.6. The lowest BCUT2D eigenvalue weighted by molar-refractivity contribution is -0.115. The number of carbonyl (C=O) groups is 1. The molecule has 1 aromatic heterocycles. The van der Waals surface area contributed by atoms with Crippen molar-refractivity contribution in [2.24, 2.45) is 0 Å². The van der Waals surface area contributed by atoms with Gasteiger partial charge in [-0.25, -0.2) is 0 Å². The number of aromatic nitrogens is 3. The van der Waals surface area contributed by atoms with Crippen LogP contribution in [0, 0.1) is 11.3 Å². The molecule has 1 aromatic carbocycles. The Bertz CT molecular complexity index is 929. The molecule has 1 saturated carbocycles. The molecule has 146 valence electrons. The van der Waals surface area contributed by atoms with E-state index in [0.29, 0.717) is 22.3 Å². The van der Waals surface area contributed by atoms with E-state index in [2.05, 4.69) is 25.0 Å². The van der Waals surface area contributed by atoms with Gasteiger partial charge in [0, 0.05) is 24.8 Å². The Morgan fingerprint density at radius 2 is 2.11 bits per heavy atom. The lowest BCUT2D eigenvalue weighted by Crippen LogP contribution is -2.24. The number of halogens is 1. The van der Waals surface area contributed by atoms with Crippen LogP contribution in [0.1, 0.15) is 44.2 Å². The monoisotopic (exact) mass is 416 g/mol. The molecule has 1 aliphatic heterocycles. The molecule has 2 aromatic rings. The fraction of sp³-hybridized carbons (Fsp3) is 0.474. The highest BCUT2D eigenvalue weighted by Crippen LogP contribution is 2.42. The zero-order valence-electron chi connectivity index (χ0n) is 15.6. The molecular weight excluding hydrogens is 396 g/mol. The number of anilines is 2. The van der Waals surface area contributed by atoms with Crippen LogP contribution in [-0.4, -0.2) is 39.0 Å². The summed E-state index contributed by atoms with van der Waals surface area (Å²) in [7, 11) is 0. The second-order valence-electron chi connectivity index (χ2n) is 7.13. The van der Waals surface area contributed by atoms with Crippen molar-refractivity contribution in [3.8, 4) is 6.07 Å². The second-order valence-corrected chi connectivity index (χ2v) is 8.85. The van der Waals surface area contributed by atoms with E-state index in [1.165, 1.54) is 24.6 Å². The Kier molecular flexibility index (Phi) is 5.47. The Morgan fingerprint density at radius 1 is 1.36 bits per heavy atom. The van der Waals surface area contributed by atoms with Crippen LogP contribution < -0.4 is 10.2 Å². The van der Waals surface area contributed by atoms with E-state index in [-0.39, 0.29) is 11.2 Å². The smallest absolute Gasteiger partial charge is 0.237 e. The van der Waals surface area contributed by atoms with Crippen molar-refractivity contribution in [1.82, 2.24) is 14.8 Å². The van der Waals surface area contributed by atoms with Gasteiger partial charge in [0.2, 0.25) is 11.9 Å². The number of thioether (sulfide) groups is 1. The predicted molar refractivity (Wildman–Crippen MR) is 110 cm³/mol. The fourth-order valence-corrected chi connectivity index (χ4v) is 4.41. The molecule has 1 atom stereocenters. The summed E-state index contributed by atoms with van der Waals surface area (Å²) in [4.78, 5) is 14.9. The van der Waals surface area contributed by atoms with Gasteiger partial charge in [0.05, 0.1) is 15.8 Å². The topological polar surface area (TPSA) is 86.8 Å². The highest BCUT2D eigenvalue weighted by atomic mass is 35.5. The summed E-state index contributed by atoms with van der Waals surface area (Å²) in [6.45, 7) is 3.89. The van der Waals surface area contributed by atoms with Crippen molar-refractivity contribution in [2.45, 2.75) is 49.1 Å². The third-order valence-electron chi connectivity index (χ3n) is 4.96. The molecule has 0 spiro atoms. The van der Waals surface area contributed by atoms with Gasteiger partial charge in [-0.2, -0.15) is 5.26 Å². The maximum absolute atomic E-state index is 12.6. The van der Waals surface area contributed by atoms with Crippen molar-refractivity contribution in [3.63, 3.8) is 0 Å². The van der Waals surface area contributed by atoms with E-state index in [0.717, 1.165) is 37.0 Å². The van der Waals surface area contributed by atoms with Gasteiger partial charge in [-0.15, -0.1) is 10.2 Å². The fourth-order valence-electron chi connectivity index (χ4n) is 3.27. The summed E-state index contributed by atoms with van der Waals surface area (Å²) in [5, 5.41) is 21.4. The molecule has 0 bridgehead atoms. The molecule has 9 heteroatoms. The van der Waals surface area contributed by atoms with Gasteiger partial charge in [0.1, 0.15) is 6.07 Å². The second kappa shape index (κ2) is 8.02. The van der Waals surface area contributed by atoms with Gasteiger partial charge in [-0.1, -0.05) is 23.4 Å². The number of nitrogens with one attached hydrogen (secondary N) is 1. The Balaban J connectivity index is 1.46. The molecule has 1 N–H and O–H groups in total. The molecule has 1 saturated heterocycles. The first-order valence-corrected chi connectivity index (χ1v) is 10.7. The molecule has 2 fully saturated rings. The third-order valence-corrected chi connectivity index (χ3v) is 6.33. The quantitative estimate of drug-likeness (QED) is 0.719. The number of benzene rings is 1. The Morgan fingerprint density at radius 3 is 2.75 bits per heavy atom. The van der Waals surface area contributed by atoms with E-state index < -0.39 is 0 Å². The summed E-state index contributed by atoms with van der Waals surface area (Å²) in [5.41, 5.74) is 0.955. The Hall–Kier alpha value is -2.24. The van der Waals surface area contributed by atoms with Gasteiger partial charge < -0.3 is 10.2 Å². The van der Waals surface area contributed by atoms with E-state index in [1.807, 2.05) is 13.0 Å². The zero-order valence-corrected chi connectivity index (χ0v) is 17.1. The first-order chi connectivity index (χ1) is 13.6. The van der Waals surface area contributed by atoms with Crippen LogP contribution in [0.3, 0.4) is 0 Å². The lowest BCUT2D eigenvalue weighted by atomic mass is 10.2.